The van der Waals surface area contributed by atoms with E-state index in [1.54, 1.807) is 0 Å². The predicted molar refractivity (Wildman–Crippen MR) is 66.0 cm³/mol. The lowest BCUT2D eigenvalue weighted by atomic mass is 10.0. The molecule has 17 heavy (non-hydrogen) atoms. The average Bonchev–Trinajstić information content (AvgIpc) is 2.42. The van der Waals surface area contributed by atoms with Crippen LogP contribution in [0.5, 0.6) is 0 Å². The largest absolute Gasteiger partial charge is 0.382 e. The molecule has 0 saturated heterocycles. The Hall–Kier alpha value is -1.12. The maximum atomic E-state index is 13.0. The van der Waals surface area contributed by atoms with E-state index in [9.17, 15) is 8.78 Å². The summed E-state index contributed by atoms with van der Waals surface area (Å²) >= 11 is 0. The van der Waals surface area contributed by atoms with Crippen molar-refractivity contribution in [2.24, 2.45) is 5.92 Å². The van der Waals surface area contributed by atoms with Gasteiger partial charge in [-0.25, -0.2) is 8.78 Å². The van der Waals surface area contributed by atoms with Gasteiger partial charge >= 0.3 is 0 Å². The fourth-order valence-electron chi connectivity index (χ4n) is 2.50. The van der Waals surface area contributed by atoms with Crippen molar-refractivity contribution in [1.82, 2.24) is 0 Å². The first-order valence-corrected chi connectivity index (χ1v) is 6.36. The van der Waals surface area contributed by atoms with Crippen molar-refractivity contribution in [2.45, 2.75) is 45.1 Å². The summed E-state index contributed by atoms with van der Waals surface area (Å²) in [6.45, 7) is 2.27. The number of hydrogen-bond donors (Lipinski definition) is 1. The van der Waals surface area contributed by atoms with E-state index in [2.05, 4.69) is 12.2 Å². The first kappa shape index (κ1) is 12.3. The highest BCUT2D eigenvalue weighted by Gasteiger charge is 2.16. The standard InChI is InChI=1S/C14H19F2N/c1-10-3-2-4-13(6-5-10)17-14-8-11(15)7-12(16)9-14/h7-10,13,17H,2-6H2,1H3. The Morgan fingerprint density at radius 3 is 2.41 bits per heavy atom. The van der Waals surface area contributed by atoms with Crippen LogP contribution in [0, 0.1) is 17.6 Å². The lowest BCUT2D eigenvalue weighted by molar-refractivity contribution is 0.502. The smallest absolute Gasteiger partial charge is 0.128 e. The van der Waals surface area contributed by atoms with Gasteiger partial charge in [0.2, 0.25) is 0 Å². The zero-order valence-electron chi connectivity index (χ0n) is 10.2. The molecule has 2 unspecified atom stereocenters. The van der Waals surface area contributed by atoms with Crippen LogP contribution in [0.3, 0.4) is 0 Å². The van der Waals surface area contributed by atoms with Crippen molar-refractivity contribution in [2.75, 3.05) is 5.32 Å². The number of halogens is 2. The molecule has 2 rings (SSSR count). The highest BCUT2D eigenvalue weighted by Crippen LogP contribution is 2.25. The van der Waals surface area contributed by atoms with Crippen LogP contribution >= 0.6 is 0 Å². The van der Waals surface area contributed by atoms with Gasteiger partial charge in [-0.05, 0) is 37.3 Å². The summed E-state index contributed by atoms with van der Waals surface area (Å²) in [6, 6.07) is 3.97. The Morgan fingerprint density at radius 2 is 1.71 bits per heavy atom. The van der Waals surface area contributed by atoms with Crippen LogP contribution in [0.1, 0.15) is 39.0 Å². The summed E-state index contributed by atoms with van der Waals surface area (Å²) in [6.07, 6.45) is 5.81. The zero-order valence-corrected chi connectivity index (χ0v) is 10.2. The van der Waals surface area contributed by atoms with E-state index < -0.39 is 11.6 Å². The minimum atomic E-state index is -0.519. The molecule has 0 heterocycles. The second-order valence-corrected chi connectivity index (χ2v) is 5.11. The summed E-state index contributed by atoms with van der Waals surface area (Å²) in [5.41, 5.74) is 0.557. The van der Waals surface area contributed by atoms with Gasteiger partial charge < -0.3 is 5.32 Å². The van der Waals surface area contributed by atoms with Gasteiger partial charge in [0.15, 0.2) is 0 Å². The second kappa shape index (κ2) is 5.48. The van der Waals surface area contributed by atoms with Crippen LogP contribution < -0.4 is 5.32 Å². The van der Waals surface area contributed by atoms with E-state index in [1.807, 2.05) is 0 Å². The summed E-state index contributed by atoms with van der Waals surface area (Å²) < 4.78 is 26.1. The van der Waals surface area contributed by atoms with Crippen molar-refractivity contribution in [3.63, 3.8) is 0 Å². The molecule has 0 aliphatic heterocycles. The molecule has 1 nitrogen and oxygen atoms in total. The van der Waals surface area contributed by atoms with Crippen molar-refractivity contribution >= 4 is 5.69 Å². The fraction of sp³-hybridized carbons (Fsp3) is 0.571. The topological polar surface area (TPSA) is 12.0 Å². The van der Waals surface area contributed by atoms with E-state index in [1.165, 1.54) is 31.4 Å². The Labute approximate surface area is 101 Å². The Balaban J connectivity index is 1.99. The summed E-state index contributed by atoms with van der Waals surface area (Å²) in [7, 11) is 0. The van der Waals surface area contributed by atoms with E-state index in [0.717, 1.165) is 24.8 Å². The molecule has 1 fully saturated rings. The molecule has 94 valence electrons. The summed E-state index contributed by atoms with van der Waals surface area (Å²) in [5, 5.41) is 3.24. The molecule has 1 aromatic rings. The minimum Gasteiger partial charge on any atom is -0.382 e. The number of hydrogen-bond acceptors (Lipinski definition) is 1. The van der Waals surface area contributed by atoms with Crippen LogP contribution in [0.4, 0.5) is 14.5 Å². The maximum Gasteiger partial charge on any atom is 0.128 e. The number of nitrogens with one attached hydrogen (secondary N) is 1. The van der Waals surface area contributed by atoms with Crippen molar-refractivity contribution in [3.8, 4) is 0 Å². The molecule has 0 aromatic heterocycles. The van der Waals surface area contributed by atoms with Gasteiger partial charge in [-0.1, -0.05) is 19.8 Å². The molecule has 1 aliphatic carbocycles. The number of rotatable bonds is 2. The molecule has 1 aromatic carbocycles. The third kappa shape index (κ3) is 3.69. The van der Waals surface area contributed by atoms with Gasteiger partial charge in [0.25, 0.3) is 0 Å². The monoisotopic (exact) mass is 239 g/mol. The zero-order chi connectivity index (χ0) is 12.3. The normalized spacial score (nSPS) is 25.4. The van der Waals surface area contributed by atoms with E-state index in [0.29, 0.717) is 11.7 Å². The van der Waals surface area contributed by atoms with Crippen molar-refractivity contribution in [3.05, 3.63) is 29.8 Å². The van der Waals surface area contributed by atoms with Crippen LogP contribution in [0.2, 0.25) is 0 Å². The van der Waals surface area contributed by atoms with Gasteiger partial charge in [-0.3, -0.25) is 0 Å². The minimum absolute atomic E-state index is 0.348. The Kier molecular flexibility index (Phi) is 3.97. The number of benzene rings is 1. The fourth-order valence-corrected chi connectivity index (χ4v) is 2.50. The molecule has 0 radical (unpaired) electrons. The van der Waals surface area contributed by atoms with E-state index >= 15 is 0 Å². The quantitative estimate of drug-likeness (QED) is 0.757. The molecule has 0 amide bonds. The van der Waals surface area contributed by atoms with E-state index in [4.69, 9.17) is 0 Å². The van der Waals surface area contributed by atoms with Gasteiger partial charge in [-0.2, -0.15) is 0 Å². The average molecular weight is 239 g/mol. The van der Waals surface area contributed by atoms with E-state index in [-0.39, 0.29) is 0 Å². The van der Waals surface area contributed by atoms with Gasteiger partial charge in [0, 0.05) is 17.8 Å². The van der Waals surface area contributed by atoms with Crippen LogP contribution in [-0.4, -0.2) is 6.04 Å². The molecule has 0 spiro atoms. The first-order chi connectivity index (χ1) is 8.13. The third-order valence-corrected chi connectivity index (χ3v) is 3.49. The first-order valence-electron chi connectivity index (χ1n) is 6.36. The molecular weight excluding hydrogens is 220 g/mol. The van der Waals surface area contributed by atoms with Crippen LogP contribution in [-0.2, 0) is 0 Å². The molecule has 2 atom stereocenters. The Morgan fingerprint density at radius 1 is 1.00 bits per heavy atom. The van der Waals surface area contributed by atoms with Gasteiger partial charge in [0.1, 0.15) is 11.6 Å². The number of anilines is 1. The highest BCUT2D eigenvalue weighted by molar-refractivity contribution is 5.44. The second-order valence-electron chi connectivity index (χ2n) is 5.11. The van der Waals surface area contributed by atoms with Gasteiger partial charge in [-0.15, -0.1) is 0 Å². The summed E-state index contributed by atoms with van der Waals surface area (Å²) in [5.74, 6) is -0.268. The maximum absolute atomic E-state index is 13.0. The SMILES string of the molecule is CC1CCCC(Nc2cc(F)cc(F)c2)CC1. The highest BCUT2D eigenvalue weighted by atomic mass is 19.1. The predicted octanol–water partition coefficient (Wildman–Crippen LogP) is 4.35. The van der Waals surface area contributed by atoms with Crippen molar-refractivity contribution < 1.29 is 8.78 Å². The molecule has 1 aliphatic rings. The van der Waals surface area contributed by atoms with Crippen LogP contribution in [0.15, 0.2) is 18.2 Å². The molecule has 1 saturated carbocycles. The molecule has 0 bridgehead atoms. The lowest BCUT2D eigenvalue weighted by Crippen LogP contribution is -2.18. The Bertz CT molecular complexity index is 358. The third-order valence-electron chi connectivity index (χ3n) is 3.49. The molecule has 1 N–H and O–H groups in total. The van der Waals surface area contributed by atoms with Crippen LogP contribution in [0.25, 0.3) is 0 Å². The lowest BCUT2D eigenvalue weighted by Gasteiger charge is -2.17. The van der Waals surface area contributed by atoms with Crippen molar-refractivity contribution in [1.29, 1.82) is 0 Å². The summed E-state index contributed by atoms with van der Waals surface area (Å²) in [4.78, 5) is 0. The molecular formula is C14H19F2N. The molecule has 3 heteroatoms. The van der Waals surface area contributed by atoms with Gasteiger partial charge in [0.05, 0.1) is 0 Å².